The van der Waals surface area contributed by atoms with Gasteiger partial charge in [-0.05, 0) is 55.0 Å². The number of hydrogen-bond acceptors (Lipinski definition) is 3. The minimum absolute atomic E-state index is 0.282. The van der Waals surface area contributed by atoms with Gasteiger partial charge in [-0.2, -0.15) is 0 Å². The number of benzene rings is 2. The Kier molecular flexibility index (Phi) is 6.01. The van der Waals surface area contributed by atoms with Crippen molar-refractivity contribution in [2.45, 2.75) is 26.2 Å². The number of rotatable bonds is 7. The van der Waals surface area contributed by atoms with Crippen molar-refractivity contribution in [2.75, 3.05) is 12.3 Å². The number of carbonyl (C=O) groups is 1. The van der Waals surface area contributed by atoms with Gasteiger partial charge in [0.25, 0.3) is 0 Å². The van der Waals surface area contributed by atoms with Gasteiger partial charge in [-0.15, -0.1) is 0 Å². The summed E-state index contributed by atoms with van der Waals surface area (Å²) in [6.45, 7) is 2.65. The second-order valence-electron chi connectivity index (χ2n) is 5.68. The van der Waals surface area contributed by atoms with Gasteiger partial charge in [0, 0.05) is 5.69 Å². The fourth-order valence-corrected chi connectivity index (χ4v) is 2.26. The van der Waals surface area contributed by atoms with Crippen LogP contribution in [0.1, 0.15) is 35.7 Å². The van der Waals surface area contributed by atoms with Crippen LogP contribution in [0.15, 0.2) is 54.6 Å². The second kappa shape index (κ2) is 8.23. The van der Waals surface area contributed by atoms with Gasteiger partial charge in [-0.25, -0.2) is 4.79 Å². The molecule has 0 heterocycles. The summed E-state index contributed by atoms with van der Waals surface area (Å²) in [4.78, 5) is 11.9. The monoisotopic (exact) mass is 297 g/mol. The molecule has 2 aromatic rings. The summed E-state index contributed by atoms with van der Waals surface area (Å²) in [6, 6.07) is 17.2. The van der Waals surface area contributed by atoms with E-state index >= 15 is 0 Å². The van der Waals surface area contributed by atoms with Gasteiger partial charge >= 0.3 is 5.97 Å². The molecule has 0 aliphatic heterocycles. The lowest BCUT2D eigenvalue weighted by Gasteiger charge is -2.12. The number of anilines is 1. The number of aryl methyl sites for hydroxylation is 1. The van der Waals surface area contributed by atoms with E-state index in [0.29, 0.717) is 23.8 Å². The van der Waals surface area contributed by atoms with E-state index < -0.39 is 0 Å². The second-order valence-corrected chi connectivity index (χ2v) is 5.68. The molecular weight excluding hydrogens is 274 g/mol. The Morgan fingerprint density at radius 1 is 1.05 bits per heavy atom. The van der Waals surface area contributed by atoms with Crippen LogP contribution >= 0.6 is 0 Å². The van der Waals surface area contributed by atoms with Gasteiger partial charge in [0.15, 0.2) is 0 Å². The molecule has 2 rings (SSSR count). The molecule has 0 saturated carbocycles. The number of nitrogens with two attached hydrogens (primary N) is 1. The highest BCUT2D eigenvalue weighted by atomic mass is 16.5. The van der Waals surface area contributed by atoms with E-state index in [-0.39, 0.29) is 5.97 Å². The zero-order valence-electron chi connectivity index (χ0n) is 13.0. The zero-order valence-corrected chi connectivity index (χ0v) is 13.0. The number of esters is 1. The quantitative estimate of drug-likeness (QED) is 0.618. The summed E-state index contributed by atoms with van der Waals surface area (Å²) < 4.78 is 5.31. The number of ether oxygens (including phenoxy) is 1. The molecule has 3 heteroatoms. The lowest BCUT2D eigenvalue weighted by atomic mass is 9.99. The van der Waals surface area contributed by atoms with Crippen LogP contribution in [0, 0.1) is 5.92 Å². The van der Waals surface area contributed by atoms with Crippen LogP contribution in [-0.2, 0) is 11.2 Å². The third kappa shape index (κ3) is 5.24. The Hall–Kier alpha value is -2.29. The van der Waals surface area contributed by atoms with Gasteiger partial charge in [-0.1, -0.05) is 37.3 Å². The first-order chi connectivity index (χ1) is 10.6. The normalized spacial score (nSPS) is 11.9. The highest BCUT2D eigenvalue weighted by molar-refractivity contribution is 5.89. The maximum atomic E-state index is 11.9. The van der Waals surface area contributed by atoms with E-state index in [0.717, 1.165) is 19.3 Å². The predicted octanol–water partition coefficient (Wildman–Crippen LogP) is 4.08. The topological polar surface area (TPSA) is 52.3 Å². The van der Waals surface area contributed by atoms with Crippen LogP contribution in [0.5, 0.6) is 0 Å². The van der Waals surface area contributed by atoms with Crippen LogP contribution in [0.25, 0.3) is 0 Å². The number of hydrogen-bond donors (Lipinski definition) is 1. The summed E-state index contributed by atoms with van der Waals surface area (Å²) in [5, 5.41) is 0. The van der Waals surface area contributed by atoms with E-state index in [1.54, 1.807) is 24.3 Å². The average Bonchev–Trinajstić information content (AvgIpc) is 2.54. The van der Waals surface area contributed by atoms with Gasteiger partial charge in [0.2, 0.25) is 0 Å². The van der Waals surface area contributed by atoms with E-state index in [4.69, 9.17) is 10.5 Å². The van der Waals surface area contributed by atoms with Gasteiger partial charge in [-0.3, -0.25) is 0 Å². The van der Waals surface area contributed by atoms with Gasteiger partial charge < -0.3 is 10.5 Å². The molecule has 116 valence electrons. The lowest BCUT2D eigenvalue weighted by molar-refractivity contribution is 0.0484. The molecule has 1 unspecified atom stereocenters. The minimum atomic E-state index is -0.282. The summed E-state index contributed by atoms with van der Waals surface area (Å²) >= 11 is 0. The molecule has 0 aliphatic rings. The molecule has 2 N–H and O–H groups in total. The molecule has 0 aromatic heterocycles. The third-order valence-corrected chi connectivity index (χ3v) is 3.76. The molecule has 0 radical (unpaired) electrons. The van der Waals surface area contributed by atoms with Crippen LogP contribution in [0.2, 0.25) is 0 Å². The summed E-state index contributed by atoms with van der Waals surface area (Å²) in [5.41, 5.74) is 8.14. The summed E-state index contributed by atoms with van der Waals surface area (Å²) in [6.07, 6.45) is 3.05. The van der Waals surface area contributed by atoms with Crippen LogP contribution < -0.4 is 5.73 Å². The zero-order chi connectivity index (χ0) is 15.8. The molecule has 22 heavy (non-hydrogen) atoms. The Morgan fingerprint density at radius 2 is 1.73 bits per heavy atom. The Morgan fingerprint density at radius 3 is 2.41 bits per heavy atom. The molecule has 3 nitrogen and oxygen atoms in total. The molecule has 0 amide bonds. The summed E-state index contributed by atoms with van der Waals surface area (Å²) in [7, 11) is 0. The molecular formula is C19H23NO2. The van der Waals surface area contributed by atoms with E-state index in [2.05, 4.69) is 31.2 Å². The number of nitrogen functional groups attached to an aromatic ring is 1. The van der Waals surface area contributed by atoms with Crippen molar-refractivity contribution in [3.63, 3.8) is 0 Å². The standard InChI is InChI=1S/C19H23NO2/c1-15(7-8-16-5-3-2-4-6-16)13-14-22-19(21)17-9-11-18(20)12-10-17/h2-6,9-12,15H,7-8,13-14,20H2,1H3. The molecule has 1 atom stereocenters. The van der Waals surface area contributed by atoms with Crippen molar-refractivity contribution in [1.82, 2.24) is 0 Å². The molecule has 0 spiro atoms. The molecule has 2 aromatic carbocycles. The first kappa shape index (κ1) is 16.1. The molecule has 0 fully saturated rings. The lowest BCUT2D eigenvalue weighted by Crippen LogP contribution is -2.09. The van der Waals surface area contributed by atoms with Crippen molar-refractivity contribution in [2.24, 2.45) is 5.92 Å². The third-order valence-electron chi connectivity index (χ3n) is 3.76. The largest absolute Gasteiger partial charge is 0.462 e. The van der Waals surface area contributed by atoms with Gasteiger partial charge in [0.05, 0.1) is 12.2 Å². The maximum absolute atomic E-state index is 11.9. The summed E-state index contributed by atoms with van der Waals surface area (Å²) in [5.74, 6) is 0.245. The number of carbonyl (C=O) groups excluding carboxylic acids is 1. The van der Waals surface area contributed by atoms with E-state index in [1.807, 2.05) is 6.07 Å². The van der Waals surface area contributed by atoms with Crippen LogP contribution in [-0.4, -0.2) is 12.6 Å². The van der Waals surface area contributed by atoms with E-state index in [9.17, 15) is 4.79 Å². The smallest absolute Gasteiger partial charge is 0.338 e. The van der Waals surface area contributed by atoms with Crippen molar-refractivity contribution in [3.05, 3.63) is 65.7 Å². The highest BCUT2D eigenvalue weighted by Gasteiger charge is 2.08. The van der Waals surface area contributed by atoms with Crippen molar-refractivity contribution < 1.29 is 9.53 Å². The molecule has 0 aliphatic carbocycles. The van der Waals surface area contributed by atoms with Crippen LogP contribution in [0.4, 0.5) is 5.69 Å². The highest BCUT2D eigenvalue weighted by Crippen LogP contribution is 2.13. The van der Waals surface area contributed by atoms with Crippen molar-refractivity contribution in [3.8, 4) is 0 Å². The van der Waals surface area contributed by atoms with Crippen molar-refractivity contribution in [1.29, 1.82) is 0 Å². The van der Waals surface area contributed by atoms with Crippen molar-refractivity contribution >= 4 is 11.7 Å². The van der Waals surface area contributed by atoms with E-state index in [1.165, 1.54) is 5.56 Å². The average molecular weight is 297 g/mol. The first-order valence-corrected chi connectivity index (χ1v) is 7.72. The fourth-order valence-electron chi connectivity index (χ4n) is 2.26. The fraction of sp³-hybridized carbons (Fsp3) is 0.316. The molecule has 0 saturated heterocycles. The first-order valence-electron chi connectivity index (χ1n) is 7.72. The van der Waals surface area contributed by atoms with Crippen LogP contribution in [0.3, 0.4) is 0 Å². The minimum Gasteiger partial charge on any atom is -0.462 e. The maximum Gasteiger partial charge on any atom is 0.338 e. The Balaban J connectivity index is 1.67. The molecule has 0 bridgehead atoms. The SMILES string of the molecule is CC(CCOC(=O)c1ccc(N)cc1)CCc1ccccc1. The van der Waals surface area contributed by atoms with Gasteiger partial charge in [0.1, 0.15) is 0 Å². The Labute approximate surface area is 132 Å². The Bertz CT molecular complexity index is 578. The predicted molar refractivity (Wildman–Crippen MR) is 89.7 cm³/mol.